The summed E-state index contributed by atoms with van der Waals surface area (Å²) in [5, 5.41) is 0.456. The molecule has 3 aromatic rings. The van der Waals surface area contributed by atoms with Gasteiger partial charge in [0, 0.05) is 16.6 Å². The number of carbonyl (C=O) groups is 1. The third kappa shape index (κ3) is 4.02. The van der Waals surface area contributed by atoms with Crippen LogP contribution in [0.25, 0.3) is 17.4 Å². The number of furan rings is 1. The molecule has 1 aliphatic heterocycles. The summed E-state index contributed by atoms with van der Waals surface area (Å²) in [6.07, 6.45) is 1.53. The normalized spacial score (nSPS) is 15.6. The monoisotopic (exact) mass is 511 g/mol. The Morgan fingerprint density at radius 2 is 1.93 bits per heavy atom. The maximum atomic E-state index is 14.0. The van der Waals surface area contributed by atoms with Crippen LogP contribution in [0.3, 0.4) is 0 Å². The van der Waals surface area contributed by atoms with E-state index in [0.717, 1.165) is 23.9 Å². The van der Waals surface area contributed by atoms with Crippen LogP contribution in [0.1, 0.15) is 5.76 Å². The molecule has 146 valence electrons. The van der Waals surface area contributed by atoms with E-state index in [9.17, 15) is 13.6 Å². The number of halogens is 4. The van der Waals surface area contributed by atoms with Crippen LogP contribution in [0.2, 0.25) is 5.02 Å². The van der Waals surface area contributed by atoms with Gasteiger partial charge in [-0.25, -0.2) is 8.78 Å². The molecule has 0 unspecified atom stereocenters. The Kier molecular flexibility index (Phi) is 5.61. The first-order chi connectivity index (χ1) is 13.8. The second kappa shape index (κ2) is 8.02. The lowest BCUT2D eigenvalue weighted by Crippen LogP contribution is -2.27. The Bertz CT molecular complexity index is 1190. The van der Waals surface area contributed by atoms with Gasteiger partial charge in [0.2, 0.25) is 0 Å². The summed E-state index contributed by atoms with van der Waals surface area (Å²) < 4.78 is 33.7. The topological polar surface area (TPSA) is 33.5 Å². The van der Waals surface area contributed by atoms with Gasteiger partial charge in [-0.05, 0) is 58.4 Å². The highest BCUT2D eigenvalue weighted by Crippen LogP contribution is 2.38. The van der Waals surface area contributed by atoms with Crippen LogP contribution in [-0.4, -0.2) is 10.2 Å². The van der Waals surface area contributed by atoms with E-state index in [-0.39, 0.29) is 17.2 Å². The van der Waals surface area contributed by atoms with Crippen molar-refractivity contribution in [3.63, 3.8) is 0 Å². The first-order valence-corrected chi connectivity index (χ1v) is 10.5. The van der Waals surface area contributed by atoms with Crippen molar-refractivity contribution in [2.45, 2.75) is 0 Å². The van der Waals surface area contributed by atoms with Gasteiger partial charge < -0.3 is 4.42 Å². The van der Waals surface area contributed by atoms with Crippen molar-refractivity contribution in [3.8, 4) is 11.3 Å². The Hall–Kier alpha value is -2.00. The highest BCUT2D eigenvalue weighted by molar-refractivity contribution is 9.10. The van der Waals surface area contributed by atoms with Crippen LogP contribution >= 0.6 is 51.5 Å². The average molecular weight is 513 g/mol. The molecular formula is C20H9BrClF2NO2S2. The van der Waals surface area contributed by atoms with E-state index in [0.29, 0.717) is 30.2 Å². The van der Waals surface area contributed by atoms with Gasteiger partial charge in [0.25, 0.3) is 5.91 Å². The van der Waals surface area contributed by atoms with Crippen LogP contribution in [0.15, 0.2) is 62.3 Å². The summed E-state index contributed by atoms with van der Waals surface area (Å²) in [6.45, 7) is 0. The Labute approximate surface area is 187 Å². The molecule has 0 saturated carbocycles. The van der Waals surface area contributed by atoms with Crippen LogP contribution in [0.5, 0.6) is 0 Å². The summed E-state index contributed by atoms with van der Waals surface area (Å²) in [7, 11) is 0. The molecule has 9 heteroatoms. The number of anilines is 1. The molecule has 0 bridgehead atoms. The third-order valence-corrected chi connectivity index (χ3v) is 6.59. The minimum atomic E-state index is -0.732. The number of amides is 1. The van der Waals surface area contributed by atoms with Gasteiger partial charge in [0.1, 0.15) is 23.2 Å². The minimum absolute atomic E-state index is 0.128. The molecule has 0 radical (unpaired) electrons. The standard InChI is InChI=1S/C20H9BrClF2NO2S2/c21-14-5-2-11(8-15(14)22)25-19(26)18(29-20(25)28)9-12-3-6-17(27-12)13-4-1-10(23)7-16(13)24/h1-9H/b18-9+. The highest BCUT2D eigenvalue weighted by atomic mass is 79.9. The number of nitrogens with zero attached hydrogens (tertiary/aromatic N) is 1. The van der Waals surface area contributed by atoms with Crippen molar-refractivity contribution >= 4 is 73.5 Å². The molecule has 1 saturated heterocycles. The molecule has 0 N–H and O–H groups in total. The summed E-state index contributed by atoms with van der Waals surface area (Å²) in [6, 6.07) is 11.5. The van der Waals surface area contributed by atoms with Gasteiger partial charge in [0.15, 0.2) is 4.32 Å². The maximum Gasteiger partial charge on any atom is 0.270 e. The number of rotatable bonds is 3. The predicted octanol–water partition coefficient (Wildman–Crippen LogP) is 7.05. The van der Waals surface area contributed by atoms with Gasteiger partial charge in [-0.3, -0.25) is 9.69 Å². The van der Waals surface area contributed by atoms with E-state index in [2.05, 4.69) is 15.9 Å². The number of hydrogen-bond donors (Lipinski definition) is 0. The summed E-state index contributed by atoms with van der Waals surface area (Å²) in [5.41, 5.74) is 0.681. The van der Waals surface area contributed by atoms with Gasteiger partial charge in [-0.1, -0.05) is 35.6 Å². The van der Waals surface area contributed by atoms with E-state index in [1.807, 2.05) is 0 Å². The van der Waals surface area contributed by atoms with Crippen molar-refractivity contribution in [3.05, 3.63) is 80.3 Å². The summed E-state index contributed by atoms with van der Waals surface area (Å²) in [5.74, 6) is -1.15. The average Bonchev–Trinajstić information content (AvgIpc) is 3.22. The number of benzene rings is 2. The molecule has 29 heavy (non-hydrogen) atoms. The predicted molar refractivity (Wildman–Crippen MR) is 119 cm³/mol. The quantitative estimate of drug-likeness (QED) is 0.278. The van der Waals surface area contributed by atoms with Gasteiger partial charge in [0.05, 0.1) is 21.2 Å². The molecule has 4 rings (SSSR count). The molecule has 0 spiro atoms. The van der Waals surface area contributed by atoms with Gasteiger partial charge in [-0.2, -0.15) is 0 Å². The minimum Gasteiger partial charge on any atom is -0.457 e. The smallest absolute Gasteiger partial charge is 0.270 e. The molecular weight excluding hydrogens is 504 g/mol. The molecule has 3 nitrogen and oxygen atoms in total. The van der Waals surface area contributed by atoms with E-state index in [1.54, 1.807) is 30.3 Å². The Morgan fingerprint density at radius 1 is 1.14 bits per heavy atom. The number of thiocarbonyl (C=S) groups is 1. The zero-order chi connectivity index (χ0) is 20.7. The second-order valence-electron chi connectivity index (χ2n) is 5.94. The molecule has 2 aromatic carbocycles. The van der Waals surface area contributed by atoms with Crippen molar-refractivity contribution in [1.82, 2.24) is 0 Å². The fraction of sp³-hybridized carbons (Fsp3) is 0. The molecule has 1 amide bonds. The number of carbonyl (C=O) groups excluding carboxylic acids is 1. The van der Waals surface area contributed by atoms with E-state index >= 15 is 0 Å². The second-order valence-corrected chi connectivity index (χ2v) is 8.88. The van der Waals surface area contributed by atoms with E-state index in [4.69, 9.17) is 28.2 Å². The van der Waals surface area contributed by atoms with Crippen molar-refractivity contribution in [2.75, 3.05) is 4.90 Å². The van der Waals surface area contributed by atoms with Crippen LogP contribution < -0.4 is 4.90 Å². The molecule has 2 heterocycles. The largest absolute Gasteiger partial charge is 0.457 e. The Morgan fingerprint density at radius 3 is 2.66 bits per heavy atom. The Balaban J connectivity index is 1.62. The van der Waals surface area contributed by atoms with Gasteiger partial charge >= 0.3 is 0 Å². The SMILES string of the molecule is O=C1/C(=C\c2ccc(-c3ccc(F)cc3F)o2)SC(=S)N1c1ccc(Br)c(Cl)c1. The summed E-state index contributed by atoms with van der Waals surface area (Å²) in [4.78, 5) is 14.6. The molecule has 1 fully saturated rings. The summed E-state index contributed by atoms with van der Waals surface area (Å²) >= 11 is 15.9. The van der Waals surface area contributed by atoms with E-state index in [1.165, 1.54) is 17.0 Å². The van der Waals surface area contributed by atoms with Crippen molar-refractivity contribution in [1.29, 1.82) is 0 Å². The first-order valence-electron chi connectivity index (χ1n) is 8.12. The zero-order valence-corrected chi connectivity index (χ0v) is 18.3. The molecule has 1 aliphatic rings. The van der Waals surface area contributed by atoms with Crippen molar-refractivity contribution < 1.29 is 18.0 Å². The van der Waals surface area contributed by atoms with Crippen LogP contribution in [-0.2, 0) is 4.79 Å². The molecule has 0 aliphatic carbocycles. The van der Waals surface area contributed by atoms with Crippen molar-refractivity contribution in [2.24, 2.45) is 0 Å². The highest BCUT2D eigenvalue weighted by Gasteiger charge is 2.33. The lowest BCUT2D eigenvalue weighted by atomic mass is 10.1. The van der Waals surface area contributed by atoms with E-state index < -0.39 is 11.6 Å². The maximum absolute atomic E-state index is 14.0. The number of hydrogen-bond acceptors (Lipinski definition) is 4. The van der Waals surface area contributed by atoms with Gasteiger partial charge in [-0.15, -0.1) is 0 Å². The lowest BCUT2D eigenvalue weighted by Gasteiger charge is -2.15. The lowest BCUT2D eigenvalue weighted by molar-refractivity contribution is -0.113. The molecule has 0 atom stereocenters. The molecule has 1 aromatic heterocycles. The number of thioether (sulfide) groups is 1. The zero-order valence-electron chi connectivity index (χ0n) is 14.3. The fourth-order valence-corrected chi connectivity index (χ4v) is 4.41. The first kappa shape index (κ1) is 20.3. The van der Waals surface area contributed by atoms with Crippen LogP contribution in [0.4, 0.5) is 14.5 Å². The van der Waals surface area contributed by atoms with Crippen LogP contribution in [0, 0.1) is 11.6 Å². The fourth-order valence-electron chi connectivity index (χ4n) is 2.71. The third-order valence-electron chi connectivity index (χ3n) is 4.05.